The van der Waals surface area contributed by atoms with Crippen molar-refractivity contribution in [3.05, 3.63) is 54.2 Å². The number of rotatable bonds is 10. The maximum Gasteiger partial charge on any atom is 0.258 e. The van der Waals surface area contributed by atoms with Crippen LogP contribution in [-0.4, -0.2) is 26.3 Å². The lowest BCUT2D eigenvalue weighted by atomic mass is 9.99. The largest absolute Gasteiger partial charge is 0.497 e. The second-order valence-corrected chi connectivity index (χ2v) is 7.58. The van der Waals surface area contributed by atoms with Crippen LogP contribution in [0, 0.1) is 0 Å². The Bertz CT molecular complexity index is 805. The highest BCUT2D eigenvalue weighted by Gasteiger charge is 2.27. The molecule has 1 N–H and O–H groups in total. The molecular formula is C19H24N2O4S. The minimum Gasteiger partial charge on any atom is -0.497 e. The summed E-state index contributed by atoms with van der Waals surface area (Å²) in [5.41, 5.74) is 0.576. The molecule has 140 valence electrons. The highest BCUT2D eigenvalue weighted by atomic mass is 32.2. The first kappa shape index (κ1) is 20.1. The van der Waals surface area contributed by atoms with Crippen LogP contribution < -0.4 is 9.46 Å². The van der Waals surface area contributed by atoms with Crippen molar-refractivity contribution in [3.63, 3.8) is 0 Å². The van der Waals surface area contributed by atoms with E-state index in [0.29, 0.717) is 17.7 Å². The first-order valence-electron chi connectivity index (χ1n) is 8.58. The van der Waals surface area contributed by atoms with Gasteiger partial charge in [-0.25, -0.2) is 13.4 Å². The van der Waals surface area contributed by atoms with Gasteiger partial charge in [0.15, 0.2) is 10.8 Å². The molecule has 2 aromatic rings. The standard InChI is InChI=1S/C19H24N2O4S/c1-3-4-5-8-17(22)19(15-10-12-16(25-2)13-11-15)21-26(23,24)18-9-6-7-14-20-18/h6-7,9-14,19,21H,3-5,8H2,1-2H3. The zero-order valence-corrected chi connectivity index (χ0v) is 15.8. The third-order valence-electron chi connectivity index (χ3n) is 3.98. The van der Waals surface area contributed by atoms with Crippen LogP contribution in [0.2, 0.25) is 0 Å². The van der Waals surface area contributed by atoms with Gasteiger partial charge in [0.2, 0.25) is 0 Å². The number of nitrogens with one attached hydrogen (secondary N) is 1. The fourth-order valence-corrected chi connectivity index (χ4v) is 3.69. The smallest absolute Gasteiger partial charge is 0.258 e. The first-order chi connectivity index (χ1) is 12.5. The van der Waals surface area contributed by atoms with Gasteiger partial charge in [0, 0.05) is 12.6 Å². The van der Waals surface area contributed by atoms with Gasteiger partial charge in [-0.05, 0) is 36.2 Å². The summed E-state index contributed by atoms with van der Waals surface area (Å²) in [6.45, 7) is 2.05. The predicted molar refractivity (Wildman–Crippen MR) is 99.4 cm³/mol. The van der Waals surface area contributed by atoms with Crippen molar-refractivity contribution < 1.29 is 17.9 Å². The summed E-state index contributed by atoms with van der Waals surface area (Å²) in [7, 11) is -2.36. The number of carbonyl (C=O) groups is 1. The molecule has 1 heterocycles. The van der Waals surface area contributed by atoms with Gasteiger partial charge in [-0.3, -0.25) is 4.79 Å². The zero-order valence-electron chi connectivity index (χ0n) is 15.0. The number of benzene rings is 1. The molecule has 0 aliphatic heterocycles. The Labute approximate surface area is 154 Å². The average molecular weight is 376 g/mol. The van der Waals surface area contributed by atoms with Crippen molar-refractivity contribution >= 4 is 15.8 Å². The quantitative estimate of drug-likeness (QED) is 0.643. The molecule has 6 nitrogen and oxygen atoms in total. The van der Waals surface area contributed by atoms with E-state index in [1.807, 2.05) is 0 Å². The molecule has 1 atom stereocenters. The molecule has 1 aromatic carbocycles. The fourth-order valence-electron chi connectivity index (χ4n) is 2.53. The van der Waals surface area contributed by atoms with E-state index in [-0.39, 0.29) is 10.8 Å². The lowest BCUT2D eigenvalue weighted by Gasteiger charge is -2.18. The molecule has 26 heavy (non-hydrogen) atoms. The van der Waals surface area contributed by atoms with Gasteiger partial charge >= 0.3 is 0 Å². The van der Waals surface area contributed by atoms with Crippen LogP contribution in [0.15, 0.2) is 53.7 Å². The summed E-state index contributed by atoms with van der Waals surface area (Å²) in [6.07, 6.45) is 4.36. The minimum atomic E-state index is -3.91. The van der Waals surface area contributed by atoms with Crippen LogP contribution in [0.4, 0.5) is 0 Å². The number of ketones is 1. The van der Waals surface area contributed by atoms with Crippen molar-refractivity contribution in [1.29, 1.82) is 0 Å². The molecule has 1 unspecified atom stereocenters. The van der Waals surface area contributed by atoms with Crippen molar-refractivity contribution in [2.45, 2.75) is 43.7 Å². The second-order valence-electron chi connectivity index (χ2n) is 5.92. The van der Waals surface area contributed by atoms with E-state index in [9.17, 15) is 13.2 Å². The van der Waals surface area contributed by atoms with Gasteiger partial charge < -0.3 is 4.74 Å². The van der Waals surface area contributed by atoms with E-state index in [4.69, 9.17) is 4.74 Å². The van der Waals surface area contributed by atoms with Crippen LogP contribution in [0.25, 0.3) is 0 Å². The number of Topliss-reactive ketones (excluding diaryl/α,β-unsaturated/α-hetero) is 1. The SMILES string of the molecule is CCCCCC(=O)C(NS(=O)(=O)c1ccccn1)c1ccc(OC)cc1. The lowest BCUT2D eigenvalue weighted by molar-refractivity contribution is -0.120. The highest BCUT2D eigenvalue weighted by molar-refractivity contribution is 7.89. The summed E-state index contributed by atoms with van der Waals surface area (Å²) >= 11 is 0. The van der Waals surface area contributed by atoms with E-state index in [1.54, 1.807) is 43.5 Å². The summed E-state index contributed by atoms with van der Waals surface area (Å²) in [4.78, 5) is 16.6. The van der Waals surface area contributed by atoms with E-state index in [1.165, 1.54) is 12.3 Å². The molecule has 0 aliphatic carbocycles. The van der Waals surface area contributed by atoms with Crippen LogP contribution in [-0.2, 0) is 14.8 Å². The number of unbranched alkanes of at least 4 members (excludes halogenated alkanes) is 2. The van der Waals surface area contributed by atoms with Crippen LogP contribution in [0.5, 0.6) is 5.75 Å². The highest BCUT2D eigenvalue weighted by Crippen LogP contribution is 2.22. The zero-order chi connectivity index (χ0) is 19.0. The lowest BCUT2D eigenvalue weighted by Crippen LogP contribution is -2.34. The van der Waals surface area contributed by atoms with Gasteiger partial charge in [-0.15, -0.1) is 0 Å². The molecule has 0 spiro atoms. The fraction of sp³-hybridized carbons (Fsp3) is 0.368. The molecule has 0 amide bonds. The van der Waals surface area contributed by atoms with Gasteiger partial charge in [-0.2, -0.15) is 4.72 Å². The van der Waals surface area contributed by atoms with Gasteiger partial charge in [0.25, 0.3) is 10.0 Å². The third kappa shape index (κ3) is 5.37. The Balaban J connectivity index is 2.28. The van der Waals surface area contributed by atoms with Crippen LogP contribution in [0.3, 0.4) is 0 Å². The normalized spacial score (nSPS) is 12.5. The molecule has 7 heteroatoms. The Morgan fingerprint density at radius 2 is 1.88 bits per heavy atom. The summed E-state index contributed by atoms with van der Waals surface area (Å²) < 4.78 is 32.9. The third-order valence-corrected chi connectivity index (χ3v) is 5.32. The molecule has 0 saturated carbocycles. The predicted octanol–water partition coefficient (Wildman–Crippen LogP) is 3.26. The summed E-state index contributed by atoms with van der Waals surface area (Å²) in [5, 5.41) is -0.111. The molecule has 2 rings (SSSR count). The van der Waals surface area contributed by atoms with Gasteiger partial charge in [0.05, 0.1) is 7.11 Å². The maximum absolute atomic E-state index is 12.7. The molecule has 1 aromatic heterocycles. The van der Waals surface area contributed by atoms with Gasteiger partial charge in [0.1, 0.15) is 11.8 Å². The van der Waals surface area contributed by atoms with E-state index < -0.39 is 16.1 Å². The Morgan fingerprint density at radius 1 is 1.15 bits per heavy atom. The molecule has 0 saturated heterocycles. The molecule has 0 bridgehead atoms. The number of hydrogen-bond acceptors (Lipinski definition) is 5. The molecule has 0 aliphatic rings. The van der Waals surface area contributed by atoms with Crippen LogP contribution in [0.1, 0.15) is 44.2 Å². The monoisotopic (exact) mass is 376 g/mol. The van der Waals surface area contributed by atoms with Crippen LogP contribution >= 0.6 is 0 Å². The van der Waals surface area contributed by atoms with Crippen molar-refractivity contribution in [3.8, 4) is 5.75 Å². The Hall–Kier alpha value is -2.25. The topological polar surface area (TPSA) is 85.4 Å². The van der Waals surface area contributed by atoms with Gasteiger partial charge in [-0.1, -0.05) is 38.0 Å². The minimum absolute atomic E-state index is 0.111. The number of hydrogen-bond donors (Lipinski definition) is 1. The van der Waals surface area contributed by atoms with Crippen molar-refractivity contribution in [1.82, 2.24) is 9.71 Å². The first-order valence-corrected chi connectivity index (χ1v) is 10.1. The van der Waals surface area contributed by atoms with Crippen molar-refractivity contribution in [2.24, 2.45) is 0 Å². The van der Waals surface area contributed by atoms with E-state index >= 15 is 0 Å². The maximum atomic E-state index is 12.7. The average Bonchev–Trinajstić information content (AvgIpc) is 2.67. The number of methoxy groups -OCH3 is 1. The second kappa shape index (κ2) is 9.45. The molecule has 0 radical (unpaired) electrons. The number of sulfonamides is 1. The number of carbonyl (C=O) groups excluding carboxylic acids is 1. The number of aromatic nitrogens is 1. The number of nitrogens with zero attached hydrogens (tertiary/aromatic N) is 1. The number of pyridine rings is 1. The molecule has 0 fully saturated rings. The van der Waals surface area contributed by atoms with Crippen molar-refractivity contribution in [2.75, 3.05) is 7.11 Å². The Morgan fingerprint density at radius 3 is 2.46 bits per heavy atom. The number of ether oxygens (including phenoxy) is 1. The van der Waals surface area contributed by atoms with E-state index in [0.717, 1.165) is 19.3 Å². The summed E-state index contributed by atoms with van der Waals surface area (Å²) in [5.74, 6) is 0.474. The molecular weight excluding hydrogens is 352 g/mol. The summed E-state index contributed by atoms with van der Waals surface area (Å²) in [6, 6.07) is 10.5. The van der Waals surface area contributed by atoms with E-state index in [2.05, 4.69) is 16.6 Å². The Kier molecular flexibility index (Phi) is 7.29.